The molecule has 0 fully saturated rings. The summed E-state index contributed by atoms with van der Waals surface area (Å²) in [5.74, 6) is 0.292. The molecule has 0 saturated carbocycles. The van der Waals surface area contributed by atoms with Crippen LogP contribution < -0.4 is 56.7 Å². The van der Waals surface area contributed by atoms with Crippen LogP contribution in [-0.4, -0.2) is 18.7 Å². The van der Waals surface area contributed by atoms with Crippen LogP contribution in [0.1, 0.15) is 32.6 Å². The number of Topliss-reactive ketones (excluding diaryl/α,β-unsaturated/α-hetero) is 1. The third-order valence-corrected chi connectivity index (χ3v) is 1.47. The SMILES string of the molecule is CCC(=O)CCCCN[C-]=O.[K+]. The van der Waals surface area contributed by atoms with Gasteiger partial charge in [-0.2, -0.15) is 6.41 Å². The van der Waals surface area contributed by atoms with Crippen LogP contribution in [0.3, 0.4) is 0 Å². The average Bonchev–Trinajstić information content (AvgIpc) is 2.04. The molecule has 0 aromatic heterocycles. The van der Waals surface area contributed by atoms with Crippen molar-refractivity contribution in [3.05, 3.63) is 0 Å². The molecular weight excluding hydrogens is 181 g/mol. The van der Waals surface area contributed by atoms with E-state index in [0.717, 1.165) is 12.8 Å². The van der Waals surface area contributed by atoms with Crippen molar-refractivity contribution in [1.29, 1.82) is 0 Å². The van der Waals surface area contributed by atoms with Crippen LogP contribution in [0, 0.1) is 0 Å². The molecule has 0 radical (unpaired) electrons. The quantitative estimate of drug-likeness (QED) is 0.217. The van der Waals surface area contributed by atoms with E-state index in [2.05, 4.69) is 5.32 Å². The molecule has 12 heavy (non-hydrogen) atoms. The fourth-order valence-electron chi connectivity index (χ4n) is 0.763. The summed E-state index contributed by atoms with van der Waals surface area (Å²) < 4.78 is 0. The second kappa shape index (κ2) is 11.8. The molecule has 0 rings (SSSR count). The first kappa shape index (κ1) is 15.3. The van der Waals surface area contributed by atoms with Gasteiger partial charge in [0.1, 0.15) is 5.78 Å². The minimum Gasteiger partial charge on any atom is -0.530 e. The number of hydrogen-bond donors (Lipinski definition) is 1. The summed E-state index contributed by atoms with van der Waals surface area (Å²) >= 11 is 0. The van der Waals surface area contributed by atoms with Gasteiger partial charge in [-0.1, -0.05) is 6.92 Å². The maximum atomic E-state index is 10.7. The van der Waals surface area contributed by atoms with Crippen LogP contribution in [0.25, 0.3) is 0 Å². The predicted molar refractivity (Wildman–Crippen MR) is 42.8 cm³/mol. The Labute approximate surface area is 116 Å². The number of unbranched alkanes of at least 4 members (excludes halogenated alkanes) is 1. The van der Waals surface area contributed by atoms with Gasteiger partial charge in [0, 0.05) is 12.8 Å². The van der Waals surface area contributed by atoms with Crippen LogP contribution in [0.4, 0.5) is 0 Å². The third-order valence-electron chi connectivity index (χ3n) is 1.47. The Hall–Kier alpha value is 0.776. The summed E-state index contributed by atoms with van der Waals surface area (Å²) in [6.45, 7) is 2.49. The van der Waals surface area contributed by atoms with Crippen molar-refractivity contribution >= 4 is 12.2 Å². The summed E-state index contributed by atoms with van der Waals surface area (Å²) in [5.41, 5.74) is 0. The van der Waals surface area contributed by atoms with Crippen molar-refractivity contribution in [2.24, 2.45) is 0 Å². The second-order valence-electron chi connectivity index (χ2n) is 2.38. The number of ketones is 1. The normalized spacial score (nSPS) is 8.42. The fraction of sp³-hybridized carbons (Fsp3) is 0.750. The van der Waals surface area contributed by atoms with E-state index < -0.39 is 0 Å². The average molecular weight is 195 g/mol. The van der Waals surface area contributed by atoms with Gasteiger partial charge in [-0.05, 0) is 19.4 Å². The Morgan fingerprint density at radius 1 is 1.42 bits per heavy atom. The van der Waals surface area contributed by atoms with Gasteiger partial charge in [0.25, 0.3) is 0 Å². The first-order valence-corrected chi connectivity index (χ1v) is 3.93. The number of hydrogen-bond acceptors (Lipinski definition) is 2. The maximum absolute atomic E-state index is 10.7. The standard InChI is InChI=1S/C8H14NO2.K/c1-2-8(11)5-3-4-6-9-7-10;/h2-6H2,1H3,(H,9,10);/q-1;+1. The van der Waals surface area contributed by atoms with E-state index in [4.69, 9.17) is 0 Å². The number of carbonyl (C=O) groups excluding carboxylic acids is 2. The summed E-state index contributed by atoms with van der Waals surface area (Å²) in [6.07, 6.45) is 4.56. The van der Waals surface area contributed by atoms with Crippen LogP contribution in [0.15, 0.2) is 0 Å². The molecule has 4 heteroatoms. The first-order valence-electron chi connectivity index (χ1n) is 3.93. The molecule has 0 aromatic rings. The van der Waals surface area contributed by atoms with E-state index in [1.54, 1.807) is 6.41 Å². The van der Waals surface area contributed by atoms with Crippen molar-refractivity contribution in [2.75, 3.05) is 6.54 Å². The minimum absolute atomic E-state index is 0. The van der Waals surface area contributed by atoms with Gasteiger partial charge in [0.15, 0.2) is 0 Å². The number of carbonyl (C=O) groups is 1. The summed E-state index contributed by atoms with van der Waals surface area (Å²) in [7, 11) is 0. The molecule has 0 unspecified atom stereocenters. The molecule has 0 aliphatic heterocycles. The Bertz CT molecular complexity index is 128. The van der Waals surface area contributed by atoms with E-state index in [1.165, 1.54) is 0 Å². The Morgan fingerprint density at radius 2 is 2.08 bits per heavy atom. The number of amides is 1. The smallest absolute Gasteiger partial charge is 0.530 e. The van der Waals surface area contributed by atoms with Gasteiger partial charge >= 0.3 is 51.4 Å². The Morgan fingerprint density at radius 3 is 2.58 bits per heavy atom. The van der Waals surface area contributed by atoms with E-state index in [0.29, 0.717) is 25.2 Å². The molecule has 1 amide bonds. The molecule has 0 heterocycles. The number of nitrogens with one attached hydrogen (secondary N) is 1. The Balaban J connectivity index is 0. The summed E-state index contributed by atoms with van der Waals surface area (Å²) in [4.78, 5) is 20.4. The van der Waals surface area contributed by atoms with Crippen molar-refractivity contribution in [1.82, 2.24) is 5.32 Å². The first-order chi connectivity index (χ1) is 5.31. The maximum Gasteiger partial charge on any atom is 1.00 e. The zero-order chi connectivity index (χ0) is 8.53. The zero-order valence-corrected chi connectivity index (χ0v) is 11.0. The third kappa shape index (κ3) is 10.8. The van der Waals surface area contributed by atoms with Crippen LogP contribution in [-0.2, 0) is 9.59 Å². The van der Waals surface area contributed by atoms with Gasteiger partial charge in [-0.25, -0.2) is 0 Å². The van der Waals surface area contributed by atoms with E-state index in [9.17, 15) is 9.59 Å². The minimum atomic E-state index is 0. The predicted octanol–water partition coefficient (Wildman–Crippen LogP) is -2.20. The molecule has 64 valence electrons. The monoisotopic (exact) mass is 195 g/mol. The molecule has 0 aromatic carbocycles. The molecule has 0 aliphatic carbocycles. The fourth-order valence-corrected chi connectivity index (χ4v) is 0.763. The van der Waals surface area contributed by atoms with Crippen molar-refractivity contribution in [2.45, 2.75) is 32.6 Å². The summed E-state index contributed by atoms with van der Waals surface area (Å²) in [6, 6.07) is 0. The van der Waals surface area contributed by atoms with E-state index in [1.807, 2.05) is 6.92 Å². The molecule has 0 spiro atoms. The van der Waals surface area contributed by atoms with E-state index >= 15 is 0 Å². The van der Waals surface area contributed by atoms with Gasteiger partial charge in [0.2, 0.25) is 0 Å². The van der Waals surface area contributed by atoms with Gasteiger partial charge in [-0.15, -0.1) is 0 Å². The van der Waals surface area contributed by atoms with Gasteiger partial charge in [0.05, 0.1) is 0 Å². The zero-order valence-electron chi connectivity index (χ0n) is 7.85. The molecule has 0 atom stereocenters. The largest absolute Gasteiger partial charge is 1.00 e. The van der Waals surface area contributed by atoms with Crippen LogP contribution >= 0.6 is 0 Å². The van der Waals surface area contributed by atoms with Crippen LogP contribution in [0.5, 0.6) is 0 Å². The van der Waals surface area contributed by atoms with Crippen molar-refractivity contribution in [3.63, 3.8) is 0 Å². The topological polar surface area (TPSA) is 46.2 Å². The van der Waals surface area contributed by atoms with Crippen molar-refractivity contribution < 1.29 is 61.0 Å². The molecule has 3 nitrogen and oxygen atoms in total. The Kier molecular flexibility index (Phi) is 15.0. The second-order valence-corrected chi connectivity index (χ2v) is 2.38. The molecule has 0 bridgehead atoms. The molecule has 0 aliphatic rings. The number of rotatable bonds is 7. The molecule has 0 saturated heterocycles. The van der Waals surface area contributed by atoms with Crippen LogP contribution in [0.2, 0.25) is 0 Å². The molecular formula is C8H14KNO2. The van der Waals surface area contributed by atoms with Gasteiger partial charge in [-0.3, -0.25) is 4.79 Å². The van der Waals surface area contributed by atoms with Crippen molar-refractivity contribution in [3.8, 4) is 0 Å². The summed E-state index contributed by atoms with van der Waals surface area (Å²) in [5, 5.41) is 2.42. The van der Waals surface area contributed by atoms with E-state index in [-0.39, 0.29) is 51.4 Å². The molecule has 1 N–H and O–H groups in total. The van der Waals surface area contributed by atoms with Gasteiger partial charge < -0.3 is 10.1 Å².